The summed E-state index contributed by atoms with van der Waals surface area (Å²) >= 11 is 0. The van der Waals surface area contributed by atoms with Gasteiger partial charge < -0.3 is 14.0 Å². The number of ether oxygens (including phenoxy) is 1. The van der Waals surface area contributed by atoms with E-state index in [0.717, 1.165) is 11.1 Å². The predicted molar refractivity (Wildman–Crippen MR) is 173 cm³/mol. The van der Waals surface area contributed by atoms with E-state index in [1.807, 2.05) is 94.4 Å². The fraction of sp³-hybridized carbons (Fsp3) is 0.417. The van der Waals surface area contributed by atoms with Crippen LogP contribution in [-0.4, -0.2) is 46.9 Å². The number of hydrogen-bond donors (Lipinski definition) is 0. The third-order valence-corrected chi connectivity index (χ3v) is 8.08. The van der Waals surface area contributed by atoms with Crippen LogP contribution in [0.15, 0.2) is 96.0 Å². The second-order valence-corrected chi connectivity index (χ2v) is 13.2. The Morgan fingerprint density at radius 2 is 1.16 bits per heavy atom. The van der Waals surface area contributed by atoms with Gasteiger partial charge in [-0.1, -0.05) is 104 Å². The summed E-state index contributed by atoms with van der Waals surface area (Å²) in [6.45, 7) is 13.5. The number of ketones is 1. The van der Waals surface area contributed by atoms with Crippen LogP contribution in [0, 0.1) is 0 Å². The van der Waals surface area contributed by atoms with Gasteiger partial charge in [-0.25, -0.2) is 4.79 Å². The Bertz CT molecular complexity index is 1360. The molecule has 7 heteroatoms. The van der Waals surface area contributed by atoms with Gasteiger partial charge in [-0.2, -0.15) is 0 Å². The lowest BCUT2D eigenvalue weighted by Gasteiger charge is -2.32. The highest BCUT2D eigenvalue weighted by Gasteiger charge is 2.51. The van der Waals surface area contributed by atoms with Crippen LogP contribution < -0.4 is 0 Å². The van der Waals surface area contributed by atoms with Crippen molar-refractivity contribution in [3.63, 3.8) is 0 Å². The molecule has 0 N–H and O–H groups in total. The van der Waals surface area contributed by atoms with Crippen molar-refractivity contribution >= 4 is 24.6 Å². The maximum absolute atomic E-state index is 14.6. The molecule has 1 unspecified atom stereocenters. The fourth-order valence-electron chi connectivity index (χ4n) is 5.10. The number of carbonyl (C=O) groups is 2. The van der Waals surface area contributed by atoms with Crippen LogP contribution in [0.2, 0.25) is 6.32 Å². The van der Waals surface area contributed by atoms with Crippen LogP contribution >= 0.6 is 0 Å². The Labute approximate surface area is 257 Å². The Kier molecular flexibility index (Phi) is 9.78. The minimum Gasteiger partial charge on any atom is -0.458 e. The zero-order valence-electron chi connectivity index (χ0n) is 26.6. The normalized spacial score (nSPS) is 17.1. The van der Waals surface area contributed by atoms with Crippen molar-refractivity contribution in [2.45, 2.75) is 96.4 Å². The standard InChI is InChI=1S/C36H44BNO5/c1-33(2,3)41-32(40)36(31(39)29-23-15-10-16-24-29,25-17-18-26-37-42-34(4,5)35(6,7)43-37)38-30(27-19-11-8-12-20-27)28-21-13-9-14-22-28/h8-16,19-24H,17-18,25-26H2,1-7H3. The molecule has 0 amide bonds. The van der Waals surface area contributed by atoms with Gasteiger partial charge in [-0.15, -0.1) is 0 Å². The Morgan fingerprint density at radius 3 is 1.60 bits per heavy atom. The van der Waals surface area contributed by atoms with Crippen molar-refractivity contribution < 1.29 is 23.6 Å². The average Bonchev–Trinajstić information content (AvgIpc) is 3.18. The number of aliphatic imine (C=N–C) groups is 1. The highest BCUT2D eigenvalue weighted by Crippen LogP contribution is 2.39. The first kappa shape index (κ1) is 32.4. The molecule has 3 aromatic rings. The molecule has 226 valence electrons. The molecule has 0 bridgehead atoms. The van der Waals surface area contributed by atoms with Gasteiger partial charge in [0.25, 0.3) is 0 Å². The SMILES string of the molecule is CC(C)(C)OC(=O)C(CCCCB1OC(C)(C)C(C)(C)O1)(N=C(c1ccccc1)c1ccccc1)C(=O)c1ccccc1. The zero-order chi connectivity index (χ0) is 31.3. The van der Waals surface area contributed by atoms with Crippen LogP contribution in [0.4, 0.5) is 0 Å². The molecule has 0 spiro atoms. The molecule has 43 heavy (non-hydrogen) atoms. The van der Waals surface area contributed by atoms with Crippen LogP contribution in [0.3, 0.4) is 0 Å². The van der Waals surface area contributed by atoms with Gasteiger partial charge in [0.05, 0.1) is 16.9 Å². The first-order chi connectivity index (χ1) is 20.2. The van der Waals surface area contributed by atoms with E-state index in [2.05, 4.69) is 0 Å². The lowest BCUT2D eigenvalue weighted by atomic mass is 9.79. The van der Waals surface area contributed by atoms with Crippen LogP contribution in [-0.2, 0) is 18.8 Å². The first-order valence-corrected chi connectivity index (χ1v) is 15.1. The summed E-state index contributed by atoms with van der Waals surface area (Å²) in [6, 6.07) is 28.2. The van der Waals surface area contributed by atoms with Gasteiger partial charge in [0.2, 0.25) is 11.3 Å². The van der Waals surface area contributed by atoms with E-state index in [1.165, 1.54) is 0 Å². The fourth-order valence-corrected chi connectivity index (χ4v) is 5.10. The maximum atomic E-state index is 14.6. The summed E-state index contributed by atoms with van der Waals surface area (Å²) in [5.74, 6) is -1.05. The van der Waals surface area contributed by atoms with E-state index in [4.69, 9.17) is 19.0 Å². The van der Waals surface area contributed by atoms with E-state index >= 15 is 0 Å². The molecule has 1 atom stereocenters. The number of benzene rings is 3. The number of hydrogen-bond acceptors (Lipinski definition) is 6. The third-order valence-electron chi connectivity index (χ3n) is 8.08. The van der Waals surface area contributed by atoms with Crippen molar-refractivity contribution in [3.05, 3.63) is 108 Å². The molecule has 6 nitrogen and oxygen atoms in total. The van der Waals surface area contributed by atoms with Crippen LogP contribution in [0.5, 0.6) is 0 Å². The maximum Gasteiger partial charge on any atom is 0.457 e. The van der Waals surface area contributed by atoms with Crippen molar-refractivity contribution in [2.75, 3.05) is 0 Å². The topological polar surface area (TPSA) is 74.2 Å². The van der Waals surface area contributed by atoms with Gasteiger partial charge in [-0.3, -0.25) is 9.79 Å². The minimum absolute atomic E-state index is 0.165. The molecule has 1 aliphatic rings. The van der Waals surface area contributed by atoms with Gasteiger partial charge >= 0.3 is 13.1 Å². The number of rotatable bonds is 11. The van der Waals surface area contributed by atoms with E-state index in [-0.39, 0.29) is 19.3 Å². The molecule has 4 rings (SSSR count). The minimum atomic E-state index is -1.81. The lowest BCUT2D eigenvalue weighted by Crippen LogP contribution is -2.49. The predicted octanol–water partition coefficient (Wildman–Crippen LogP) is 7.75. The van der Waals surface area contributed by atoms with E-state index in [0.29, 0.717) is 30.4 Å². The van der Waals surface area contributed by atoms with Crippen LogP contribution in [0.25, 0.3) is 0 Å². The molecule has 0 radical (unpaired) electrons. The number of nitrogens with zero attached hydrogens (tertiary/aromatic N) is 1. The summed E-state index contributed by atoms with van der Waals surface area (Å²) in [7, 11) is -0.363. The monoisotopic (exact) mass is 581 g/mol. The summed E-state index contributed by atoms with van der Waals surface area (Å²) in [6.07, 6.45) is 2.00. The first-order valence-electron chi connectivity index (χ1n) is 15.1. The van der Waals surface area contributed by atoms with Gasteiger partial charge in [0.1, 0.15) is 5.60 Å². The van der Waals surface area contributed by atoms with Crippen LogP contribution in [0.1, 0.15) is 89.2 Å². The molecule has 1 heterocycles. The Balaban J connectivity index is 1.79. The molecule has 1 aliphatic heterocycles. The van der Waals surface area contributed by atoms with Gasteiger partial charge in [0, 0.05) is 16.7 Å². The molecule has 1 fully saturated rings. The van der Waals surface area contributed by atoms with E-state index < -0.39 is 28.3 Å². The summed E-state index contributed by atoms with van der Waals surface area (Å²) in [5.41, 5.74) is -0.911. The average molecular weight is 582 g/mol. The highest BCUT2D eigenvalue weighted by molar-refractivity contribution is 6.45. The lowest BCUT2D eigenvalue weighted by molar-refractivity contribution is -0.159. The number of carbonyl (C=O) groups excluding carboxylic acids is 2. The Morgan fingerprint density at radius 1 is 0.721 bits per heavy atom. The zero-order valence-corrected chi connectivity index (χ0v) is 26.6. The summed E-state index contributed by atoms with van der Waals surface area (Å²) in [4.78, 5) is 34.0. The van der Waals surface area contributed by atoms with Crippen molar-refractivity contribution in [1.29, 1.82) is 0 Å². The number of unbranched alkanes of at least 4 members (excludes halogenated alkanes) is 1. The van der Waals surface area contributed by atoms with Crippen molar-refractivity contribution in [1.82, 2.24) is 0 Å². The van der Waals surface area contributed by atoms with Gasteiger partial charge in [0.15, 0.2) is 0 Å². The molecular weight excluding hydrogens is 537 g/mol. The van der Waals surface area contributed by atoms with Crippen molar-refractivity contribution in [2.24, 2.45) is 4.99 Å². The quantitative estimate of drug-likeness (QED) is 0.0578. The Hall–Kier alpha value is -3.55. The molecule has 0 aromatic heterocycles. The molecule has 0 aliphatic carbocycles. The smallest absolute Gasteiger partial charge is 0.457 e. The number of Topliss-reactive ketones (excluding diaryl/α,β-unsaturated/α-hetero) is 1. The van der Waals surface area contributed by atoms with E-state index in [9.17, 15) is 9.59 Å². The number of esters is 1. The summed E-state index contributed by atoms with van der Waals surface area (Å²) in [5, 5.41) is 0. The second kappa shape index (κ2) is 13.0. The third kappa shape index (κ3) is 7.70. The molecule has 1 saturated heterocycles. The van der Waals surface area contributed by atoms with E-state index in [1.54, 1.807) is 45.0 Å². The van der Waals surface area contributed by atoms with Crippen molar-refractivity contribution in [3.8, 4) is 0 Å². The summed E-state index contributed by atoms with van der Waals surface area (Å²) < 4.78 is 18.4. The highest BCUT2D eigenvalue weighted by atomic mass is 16.7. The molecular formula is C36H44BNO5. The molecule has 0 saturated carbocycles. The largest absolute Gasteiger partial charge is 0.458 e. The van der Waals surface area contributed by atoms with Gasteiger partial charge in [-0.05, 0) is 61.2 Å². The second-order valence-electron chi connectivity index (χ2n) is 13.2. The molecule has 3 aromatic carbocycles.